The van der Waals surface area contributed by atoms with E-state index in [9.17, 15) is 8.42 Å². The number of pyridine rings is 1. The predicted octanol–water partition coefficient (Wildman–Crippen LogP) is 2.01. The molecular weight excluding hydrogens is 270 g/mol. The van der Waals surface area contributed by atoms with Gasteiger partial charge < -0.3 is 4.90 Å². The zero-order valence-electron chi connectivity index (χ0n) is 9.99. The Balaban J connectivity index is 2.27. The number of aromatic nitrogens is 1. The van der Waals surface area contributed by atoms with Gasteiger partial charge in [0.15, 0.2) is 0 Å². The third kappa shape index (κ3) is 2.80. The Labute approximate surface area is 110 Å². The minimum atomic E-state index is -3.52. The lowest BCUT2D eigenvalue weighted by Crippen LogP contribution is -2.15. The van der Waals surface area contributed by atoms with Gasteiger partial charge in [-0.05, 0) is 23.6 Å². The summed E-state index contributed by atoms with van der Waals surface area (Å²) in [4.78, 5) is 6.02. The van der Waals surface area contributed by atoms with Gasteiger partial charge in [-0.25, -0.2) is 13.4 Å². The number of nitrogens with one attached hydrogen (secondary N) is 1. The molecule has 0 aromatic carbocycles. The topological polar surface area (TPSA) is 62.3 Å². The second-order valence-corrected chi connectivity index (χ2v) is 6.67. The molecule has 18 heavy (non-hydrogen) atoms. The lowest BCUT2D eigenvalue weighted by atomic mass is 10.4. The van der Waals surface area contributed by atoms with Crippen LogP contribution in [0, 0.1) is 0 Å². The summed E-state index contributed by atoms with van der Waals surface area (Å²) in [5.74, 6) is 1.01. The van der Waals surface area contributed by atoms with E-state index in [0.717, 1.165) is 0 Å². The van der Waals surface area contributed by atoms with E-state index < -0.39 is 10.0 Å². The number of nitrogens with zero attached hydrogens (tertiary/aromatic N) is 2. The van der Waals surface area contributed by atoms with Gasteiger partial charge in [-0.15, -0.1) is 11.3 Å². The second-order valence-electron chi connectivity index (χ2n) is 3.81. The van der Waals surface area contributed by atoms with Gasteiger partial charge in [0.2, 0.25) is 0 Å². The summed E-state index contributed by atoms with van der Waals surface area (Å²) in [7, 11) is 0.169. The number of rotatable bonds is 4. The Hall–Kier alpha value is -1.60. The highest BCUT2D eigenvalue weighted by molar-refractivity contribution is 7.94. The van der Waals surface area contributed by atoms with Crippen molar-refractivity contribution in [2.24, 2.45) is 0 Å². The van der Waals surface area contributed by atoms with E-state index in [-0.39, 0.29) is 4.21 Å². The molecule has 0 saturated heterocycles. The summed E-state index contributed by atoms with van der Waals surface area (Å²) in [6, 6.07) is 8.45. The maximum Gasteiger partial charge on any atom is 0.272 e. The summed E-state index contributed by atoms with van der Waals surface area (Å²) < 4.78 is 26.7. The molecule has 2 aromatic heterocycles. The van der Waals surface area contributed by atoms with E-state index in [0.29, 0.717) is 11.6 Å². The second kappa shape index (κ2) is 4.95. The van der Waals surface area contributed by atoms with Crippen molar-refractivity contribution >= 4 is 33.0 Å². The van der Waals surface area contributed by atoms with Gasteiger partial charge in [0.1, 0.15) is 15.8 Å². The van der Waals surface area contributed by atoms with E-state index in [1.165, 1.54) is 11.3 Å². The van der Waals surface area contributed by atoms with E-state index >= 15 is 0 Å². The quantitative estimate of drug-likeness (QED) is 0.932. The lowest BCUT2D eigenvalue weighted by Gasteiger charge is -2.12. The molecule has 0 atom stereocenters. The van der Waals surface area contributed by atoms with Crippen molar-refractivity contribution < 1.29 is 8.42 Å². The molecular formula is C11H13N3O2S2. The largest absolute Gasteiger partial charge is 0.363 e. The number of sulfonamides is 1. The maximum absolute atomic E-state index is 12.0. The number of hydrogen-bond acceptors (Lipinski definition) is 5. The van der Waals surface area contributed by atoms with E-state index in [1.54, 1.807) is 29.6 Å². The number of thiophene rings is 1. The monoisotopic (exact) mass is 283 g/mol. The van der Waals surface area contributed by atoms with Crippen LogP contribution < -0.4 is 9.62 Å². The molecule has 0 spiro atoms. The van der Waals surface area contributed by atoms with Crippen LogP contribution in [-0.2, 0) is 10.0 Å². The molecule has 1 N–H and O–H groups in total. The molecule has 7 heteroatoms. The maximum atomic E-state index is 12.0. The molecule has 2 rings (SSSR count). The van der Waals surface area contributed by atoms with Crippen LogP contribution in [0.4, 0.5) is 11.6 Å². The van der Waals surface area contributed by atoms with Gasteiger partial charge in [-0.2, -0.15) is 0 Å². The Morgan fingerprint density at radius 2 is 2.00 bits per heavy atom. The van der Waals surface area contributed by atoms with Crippen LogP contribution in [0.2, 0.25) is 0 Å². The fourth-order valence-corrected chi connectivity index (χ4v) is 3.33. The van der Waals surface area contributed by atoms with Crippen molar-refractivity contribution in [1.82, 2.24) is 4.98 Å². The van der Waals surface area contributed by atoms with Crippen LogP contribution in [0.5, 0.6) is 0 Å². The van der Waals surface area contributed by atoms with Gasteiger partial charge in [0.05, 0.1) is 0 Å². The van der Waals surface area contributed by atoms with Crippen molar-refractivity contribution in [3.05, 3.63) is 35.7 Å². The first-order valence-corrected chi connectivity index (χ1v) is 7.56. The normalized spacial score (nSPS) is 11.2. The minimum Gasteiger partial charge on any atom is -0.363 e. The van der Waals surface area contributed by atoms with Crippen molar-refractivity contribution in [3.63, 3.8) is 0 Å². The van der Waals surface area contributed by atoms with E-state index in [4.69, 9.17) is 0 Å². The third-order valence-electron chi connectivity index (χ3n) is 2.19. The van der Waals surface area contributed by atoms with Gasteiger partial charge in [0, 0.05) is 14.1 Å². The fraction of sp³-hybridized carbons (Fsp3) is 0.182. The predicted molar refractivity (Wildman–Crippen MR) is 73.7 cm³/mol. The van der Waals surface area contributed by atoms with E-state index in [2.05, 4.69) is 9.71 Å². The highest BCUT2D eigenvalue weighted by Crippen LogP contribution is 2.20. The molecule has 0 aliphatic carbocycles. The Morgan fingerprint density at radius 3 is 2.61 bits per heavy atom. The molecule has 0 unspecified atom stereocenters. The van der Waals surface area contributed by atoms with Crippen LogP contribution in [0.1, 0.15) is 0 Å². The van der Waals surface area contributed by atoms with Gasteiger partial charge in [-0.3, -0.25) is 4.72 Å². The Kier molecular flexibility index (Phi) is 3.53. The van der Waals surface area contributed by atoms with Gasteiger partial charge in [0.25, 0.3) is 10.0 Å². The first-order chi connectivity index (χ1) is 8.49. The summed E-state index contributed by atoms with van der Waals surface area (Å²) in [6.45, 7) is 0. The molecule has 0 saturated carbocycles. The van der Waals surface area contributed by atoms with Gasteiger partial charge in [-0.1, -0.05) is 12.1 Å². The first-order valence-electron chi connectivity index (χ1n) is 5.20. The molecule has 5 nitrogen and oxygen atoms in total. The molecule has 0 aliphatic rings. The zero-order valence-corrected chi connectivity index (χ0v) is 11.6. The van der Waals surface area contributed by atoms with Crippen molar-refractivity contribution in [2.45, 2.75) is 4.21 Å². The average molecular weight is 283 g/mol. The molecule has 0 fully saturated rings. The molecule has 0 amide bonds. The Morgan fingerprint density at radius 1 is 1.22 bits per heavy atom. The molecule has 2 aromatic rings. The van der Waals surface area contributed by atoms with Gasteiger partial charge >= 0.3 is 0 Å². The van der Waals surface area contributed by atoms with Crippen molar-refractivity contribution in [2.75, 3.05) is 23.7 Å². The fourth-order valence-electron chi connectivity index (χ4n) is 1.33. The van der Waals surface area contributed by atoms with Crippen molar-refractivity contribution in [1.29, 1.82) is 0 Å². The SMILES string of the molecule is CN(C)c1cccc(NS(=O)(=O)c2cccs2)n1. The Bertz CT molecular complexity index is 621. The summed E-state index contributed by atoms with van der Waals surface area (Å²) in [6.07, 6.45) is 0. The summed E-state index contributed by atoms with van der Waals surface area (Å²) in [5, 5.41) is 1.72. The molecule has 0 bridgehead atoms. The highest BCUT2D eigenvalue weighted by atomic mass is 32.2. The first kappa shape index (κ1) is 12.8. The van der Waals surface area contributed by atoms with E-state index in [1.807, 2.05) is 25.1 Å². The van der Waals surface area contributed by atoms with Crippen LogP contribution in [0.25, 0.3) is 0 Å². The van der Waals surface area contributed by atoms with Crippen molar-refractivity contribution in [3.8, 4) is 0 Å². The zero-order chi connectivity index (χ0) is 13.2. The number of anilines is 2. The molecule has 0 radical (unpaired) electrons. The average Bonchev–Trinajstić information content (AvgIpc) is 2.82. The van der Waals surface area contributed by atoms with Crippen LogP contribution in [0.15, 0.2) is 39.9 Å². The molecule has 2 heterocycles. The smallest absolute Gasteiger partial charge is 0.272 e. The lowest BCUT2D eigenvalue weighted by molar-refractivity contribution is 0.603. The standard InChI is InChI=1S/C11H13N3O2S2/c1-14(2)10-6-3-5-9(12-10)13-18(15,16)11-7-4-8-17-11/h3-8H,1-2H3,(H,12,13). The number of hydrogen-bond donors (Lipinski definition) is 1. The summed E-state index contributed by atoms with van der Waals surface area (Å²) >= 11 is 1.17. The highest BCUT2D eigenvalue weighted by Gasteiger charge is 2.15. The summed E-state index contributed by atoms with van der Waals surface area (Å²) in [5.41, 5.74) is 0. The van der Waals surface area contributed by atoms with Crippen LogP contribution >= 0.6 is 11.3 Å². The van der Waals surface area contributed by atoms with Crippen LogP contribution in [-0.4, -0.2) is 27.5 Å². The minimum absolute atomic E-state index is 0.277. The van der Waals surface area contributed by atoms with Crippen LogP contribution in [0.3, 0.4) is 0 Å². The third-order valence-corrected chi connectivity index (χ3v) is 4.94. The molecule has 0 aliphatic heterocycles. The molecule has 96 valence electrons.